The maximum atomic E-state index is 16.0. The number of imidazole rings is 1. The Hall–Kier alpha value is -13.3. The Morgan fingerprint density at radius 1 is 0.493 bits per heavy atom. The Labute approximate surface area is 814 Å². The molecule has 7 aromatic carbocycles. The van der Waals surface area contributed by atoms with E-state index in [4.69, 9.17) is 30.0 Å². The lowest BCUT2D eigenvalue weighted by atomic mass is 9.77. The van der Waals surface area contributed by atoms with Gasteiger partial charge in [-0.2, -0.15) is 25.3 Å². The van der Waals surface area contributed by atoms with Crippen molar-refractivity contribution in [3.63, 3.8) is 0 Å². The molecule has 2 aromatic heterocycles. The molecule has 138 heavy (non-hydrogen) atoms. The number of benzene rings is 7. The zero-order valence-electron chi connectivity index (χ0n) is 79.8. The summed E-state index contributed by atoms with van der Waals surface area (Å²) >= 11 is 8.59. The maximum absolute atomic E-state index is 16.0. The Morgan fingerprint density at radius 2 is 0.884 bits per heavy atom. The number of nitrogens with zero attached hydrogens (tertiary/aromatic N) is 3. The van der Waals surface area contributed by atoms with Gasteiger partial charge >= 0.3 is 12.1 Å². The minimum atomic E-state index is -4.47. The maximum Gasteiger partial charge on any atom is 0.419 e. The molecule has 35 nitrogen and oxygen atoms in total. The van der Waals surface area contributed by atoms with Crippen LogP contribution in [0.5, 0.6) is 11.5 Å². The van der Waals surface area contributed by atoms with Crippen LogP contribution < -0.4 is 72.1 Å². The molecule has 0 unspecified atom stereocenters. The van der Waals surface area contributed by atoms with Crippen LogP contribution in [0.3, 0.4) is 0 Å². The van der Waals surface area contributed by atoms with E-state index >= 15 is 19.2 Å². The van der Waals surface area contributed by atoms with E-state index in [1.807, 2.05) is 123 Å². The number of nitrogens with one attached hydrogen (secondary N) is 14. The van der Waals surface area contributed by atoms with Gasteiger partial charge in [0.05, 0.1) is 27.3 Å². The standard InChI is InChI=1S/C99H123N17O18S4/c1-56-58(3)83(60(5)71-49-97(12,13)132-81(56)71)137(128,129)113-93(100)102-44-30-41-73(106-63(8)117)86(119)111-78(53-135)91(124)105-62(7)85(118)108-77(48-69-52-115(55-104-69)99(66-34-22-17-23-35-66,67-36-24-18-25-37-67)68-38-26-19-27-39-68)90(123)109-75(46-64-32-20-16-21-33-64)88(121)107-74(42-31-45-103-94(101)114-138(130,131)84-59(4)57(2)82-72(61(84)6)50-98(14,15)133-82)87(120)110-76(89(122)112-79(54-136)92(125)126)47-65-51-116(95(127)134-96(9,10)11)80-43-29-28-40-70(65)80/h16-29,32-40,43,51-52,55,62,73-79,135-136H,30-31,41-42,44-50,53-54H2,1-15H3,(H,105,124)(H,106,117)(H,107,121)(H,108,118)(H,109,123)(H,110,120)(H,111,119)(H,112,122)(H,125,126)(H3,100,102,113)(H3,101,103,114)/t62-,73+,74+,75-,76+,77+,78+,79+/m1/s1. The van der Waals surface area contributed by atoms with E-state index in [9.17, 15) is 50.7 Å². The molecular weight excluding hydrogens is 1840 g/mol. The van der Waals surface area contributed by atoms with Crippen LogP contribution in [0.15, 0.2) is 174 Å². The monoisotopic (exact) mass is 1970 g/mol. The topological polar surface area (TPSA) is 502 Å². The van der Waals surface area contributed by atoms with Gasteiger partial charge in [0.1, 0.15) is 82.2 Å². The Balaban J connectivity index is 0.887. The lowest BCUT2D eigenvalue weighted by Gasteiger charge is -2.37. The molecule has 8 amide bonds. The predicted octanol–water partition coefficient (Wildman–Crippen LogP) is 8.20. The number of sulfonamides is 2. The summed E-state index contributed by atoms with van der Waals surface area (Å²) in [6, 6.07) is 31.1. The van der Waals surface area contributed by atoms with E-state index in [2.05, 4.69) is 87.9 Å². The van der Waals surface area contributed by atoms with Crippen LogP contribution in [-0.2, 0) is 106 Å². The minimum Gasteiger partial charge on any atom is -0.487 e. The quantitative estimate of drug-likeness (QED) is 0.00565. The smallest absolute Gasteiger partial charge is 0.419 e. The molecule has 0 saturated carbocycles. The number of guanidine groups is 2. The average Bonchev–Trinajstić information content (AvgIpc) is 1.61. The number of carbonyl (C=O) groups excluding carboxylic acids is 9. The van der Waals surface area contributed by atoms with E-state index < -0.39 is 181 Å². The lowest BCUT2D eigenvalue weighted by Crippen LogP contribution is -2.61. The molecule has 11 rings (SSSR count). The van der Waals surface area contributed by atoms with Gasteiger partial charge in [-0.3, -0.25) is 53.7 Å². The van der Waals surface area contributed by atoms with Gasteiger partial charge < -0.3 is 77.1 Å². The van der Waals surface area contributed by atoms with Gasteiger partial charge in [-0.1, -0.05) is 140 Å². The summed E-state index contributed by atoms with van der Waals surface area (Å²) in [6.45, 7) is 25.0. The summed E-state index contributed by atoms with van der Waals surface area (Å²) < 4.78 is 82.7. The zero-order valence-corrected chi connectivity index (χ0v) is 83.3. The van der Waals surface area contributed by atoms with Crippen LogP contribution in [0, 0.1) is 52.4 Å². The van der Waals surface area contributed by atoms with Crippen molar-refractivity contribution < 1.29 is 84.1 Å². The molecular formula is C99H123N17O18S4. The zero-order chi connectivity index (χ0) is 101. The molecule has 8 atom stereocenters. The summed E-state index contributed by atoms with van der Waals surface area (Å²) in [6.07, 6.45) is 3.13. The number of hydrogen-bond donors (Lipinski definition) is 17. The number of aliphatic carboxylic acids is 1. The number of carbonyl (C=O) groups is 10. The molecule has 2 aliphatic heterocycles. The number of para-hydroxylation sites is 1. The van der Waals surface area contributed by atoms with Gasteiger partial charge in [0, 0.05) is 92.5 Å². The fraction of sp³-hybridized carbons (Fsp3) is 0.404. The fourth-order valence-corrected chi connectivity index (χ4v) is 21.0. The van der Waals surface area contributed by atoms with Gasteiger partial charge in [0.25, 0.3) is 20.0 Å². The van der Waals surface area contributed by atoms with E-state index in [-0.39, 0.29) is 66.4 Å². The second-order valence-electron chi connectivity index (χ2n) is 37.0. The normalized spacial score (nSPS) is 14.9. The number of ether oxygens (including phenoxy) is 3. The Morgan fingerprint density at radius 3 is 1.33 bits per heavy atom. The van der Waals surface area contributed by atoms with Gasteiger partial charge in [-0.25, -0.2) is 40.9 Å². The highest BCUT2D eigenvalue weighted by atomic mass is 32.2. The van der Waals surface area contributed by atoms with E-state index in [1.54, 1.807) is 129 Å². The molecule has 0 bridgehead atoms. The van der Waals surface area contributed by atoms with Crippen molar-refractivity contribution >= 4 is 127 Å². The number of carboxylic acids is 1. The van der Waals surface area contributed by atoms with E-state index in [0.717, 1.165) is 22.3 Å². The van der Waals surface area contributed by atoms with Gasteiger partial charge in [0.2, 0.25) is 59.2 Å². The van der Waals surface area contributed by atoms with Gasteiger partial charge in [-0.15, -0.1) is 0 Å². The SMILES string of the molecule is CC(=O)N[C@@H](CCCNC(=N)NS(=O)(=O)c1c(C)c(C)c2c(c1C)CC(C)(C)O2)C(=O)N[C@@H](CS)C(=O)N[C@H](C)C(=O)N[C@@H](Cc1cn(C(c2ccccc2)(c2ccccc2)c2ccccc2)cn1)C(=O)N[C@H](Cc1ccccc1)C(=O)N[C@@H](CCCNC(=N)NS(=O)(=O)c1c(C)c(C)c2c(c1C)CC(C)(C)O2)C(=O)N[C@@H](Cc1cn(C(=O)OC(C)(C)C)c2ccccc12)C(=O)N[C@@H](CS)C(=O)O. The molecule has 736 valence electrons. The third-order valence-corrected chi connectivity index (χ3v) is 28.2. The van der Waals surface area contributed by atoms with Crippen LogP contribution in [0.25, 0.3) is 10.9 Å². The molecule has 0 spiro atoms. The Bertz CT molecular complexity index is 6230. The molecule has 4 heterocycles. The predicted molar refractivity (Wildman–Crippen MR) is 529 cm³/mol. The van der Waals surface area contributed by atoms with E-state index in [0.29, 0.717) is 85.3 Å². The van der Waals surface area contributed by atoms with Crippen molar-refractivity contribution in [2.45, 2.75) is 242 Å². The Kier molecular flexibility index (Phi) is 33.9. The van der Waals surface area contributed by atoms with Crippen molar-refractivity contribution in [2.24, 2.45) is 0 Å². The number of thiol groups is 2. The lowest BCUT2D eigenvalue weighted by molar-refractivity contribution is -0.141. The molecule has 0 saturated heterocycles. The summed E-state index contributed by atoms with van der Waals surface area (Å²) in [4.78, 5) is 150. The first-order valence-corrected chi connectivity index (χ1v) is 49.5. The molecule has 0 radical (unpaired) electrons. The number of fused-ring (bicyclic) bond motifs is 3. The van der Waals surface area contributed by atoms with Crippen molar-refractivity contribution in [1.82, 2.24) is 76.7 Å². The largest absolute Gasteiger partial charge is 0.487 e. The third kappa shape index (κ3) is 25.4. The fourth-order valence-electron chi connectivity index (χ4n) is 17.4. The first-order valence-electron chi connectivity index (χ1n) is 45.3. The molecule has 0 fully saturated rings. The summed E-state index contributed by atoms with van der Waals surface area (Å²) in [5.41, 5.74) is 4.96. The minimum absolute atomic E-state index is 0.0182. The number of hydrogen-bond acceptors (Lipinski definition) is 22. The molecule has 15 N–H and O–H groups in total. The average molecular weight is 1970 g/mol. The first-order chi connectivity index (χ1) is 65.1. The van der Waals surface area contributed by atoms with Crippen LogP contribution >= 0.6 is 25.3 Å². The second kappa shape index (κ2) is 44.5. The van der Waals surface area contributed by atoms with Crippen LogP contribution in [0.4, 0.5) is 4.79 Å². The van der Waals surface area contributed by atoms with Crippen molar-refractivity contribution in [1.29, 1.82) is 10.8 Å². The molecule has 0 aliphatic carbocycles. The highest BCUT2D eigenvalue weighted by Gasteiger charge is 2.44. The van der Waals surface area contributed by atoms with Crippen LogP contribution in [0.2, 0.25) is 0 Å². The van der Waals surface area contributed by atoms with Crippen molar-refractivity contribution in [3.05, 3.63) is 242 Å². The van der Waals surface area contributed by atoms with E-state index in [1.165, 1.54) is 24.6 Å². The van der Waals surface area contributed by atoms with Gasteiger partial charge in [0.15, 0.2) is 0 Å². The number of carboxylic acid groups (broad SMARTS) is 1. The number of amides is 8. The summed E-state index contributed by atoms with van der Waals surface area (Å²) in [5.74, 6) is -9.73. The molecule has 2 aliphatic rings. The second-order valence-corrected chi connectivity index (χ2v) is 40.9. The van der Waals surface area contributed by atoms with Crippen molar-refractivity contribution in [3.8, 4) is 11.5 Å². The molecule has 39 heteroatoms. The van der Waals surface area contributed by atoms with Crippen molar-refractivity contribution in [2.75, 3.05) is 24.6 Å². The number of rotatable bonds is 40. The summed E-state index contributed by atoms with van der Waals surface area (Å²) in [5, 5.41) is 55.1. The molecule has 9 aromatic rings. The highest BCUT2D eigenvalue weighted by molar-refractivity contribution is 7.90. The first kappa shape index (κ1) is 105. The highest BCUT2D eigenvalue weighted by Crippen LogP contribution is 2.46. The van der Waals surface area contributed by atoms with Crippen LogP contribution in [-0.4, -0.2) is 197 Å². The third-order valence-electron chi connectivity index (χ3n) is 24.2. The number of aromatic nitrogens is 3. The summed E-state index contributed by atoms with van der Waals surface area (Å²) in [7, 11) is -8.78. The van der Waals surface area contributed by atoms with Crippen LogP contribution in [0.1, 0.15) is 166 Å². The van der Waals surface area contributed by atoms with Gasteiger partial charge in [-0.05, 0) is 190 Å².